The van der Waals surface area contributed by atoms with E-state index in [1.54, 1.807) is 30.3 Å². The molecule has 1 aromatic carbocycles. The summed E-state index contributed by atoms with van der Waals surface area (Å²) in [5, 5.41) is 0. The number of aliphatic imine (C=N–C) groups is 1. The normalized spacial score (nSPS) is 21.0. The van der Waals surface area contributed by atoms with Crippen molar-refractivity contribution in [3.63, 3.8) is 0 Å². The zero-order valence-corrected chi connectivity index (χ0v) is 7.45. The molecule has 6 heteroatoms. The van der Waals surface area contributed by atoms with Gasteiger partial charge in [0.2, 0.25) is 0 Å². The first-order valence-electron chi connectivity index (χ1n) is 4.20. The van der Waals surface area contributed by atoms with Crippen LogP contribution in [0, 0.1) is 0 Å². The third kappa shape index (κ3) is 2.10. The molecule has 1 aliphatic heterocycles. The van der Waals surface area contributed by atoms with Crippen LogP contribution < -0.4 is 5.48 Å². The molecule has 80 valence electrons. The van der Waals surface area contributed by atoms with E-state index >= 15 is 0 Å². The summed E-state index contributed by atoms with van der Waals surface area (Å²) in [7, 11) is 0. The molecule has 1 aliphatic rings. The molecule has 0 saturated carbocycles. The number of hydrogen-bond acceptors (Lipinski definition) is 3. The summed E-state index contributed by atoms with van der Waals surface area (Å²) < 4.78 is 36.5. The zero-order valence-electron chi connectivity index (χ0n) is 7.45. The van der Waals surface area contributed by atoms with E-state index in [0.717, 1.165) is 0 Å². The maximum atomic E-state index is 12.2. The Kier molecular flexibility index (Phi) is 2.36. The SMILES string of the molecule is FC(F)(F)C1=NC(c2ccccc2)NO1. The second-order valence-corrected chi connectivity index (χ2v) is 2.97. The summed E-state index contributed by atoms with van der Waals surface area (Å²) in [4.78, 5) is 7.65. The first kappa shape index (κ1) is 9.97. The molecule has 1 N–H and O–H groups in total. The third-order valence-corrected chi connectivity index (χ3v) is 1.87. The van der Waals surface area contributed by atoms with Gasteiger partial charge in [-0.05, 0) is 5.56 Å². The predicted molar refractivity (Wildman–Crippen MR) is 46.9 cm³/mol. The van der Waals surface area contributed by atoms with Crippen LogP contribution in [0.4, 0.5) is 13.2 Å². The summed E-state index contributed by atoms with van der Waals surface area (Å²) in [5.41, 5.74) is 2.83. The number of alkyl halides is 3. The number of hydrogen-bond donors (Lipinski definition) is 1. The molecule has 0 aromatic heterocycles. The van der Waals surface area contributed by atoms with Crippen LogP contribution in [0.25, 0.3) is 0 Å². The first-order chi connectivity index (χ1) is 7.07. The molecule has 0 radical (unpaired) electrons. The molecular formula is C9H7F3N2O. The average molecular weight is 216 g/mol. The molecule has 0 spiro atoms. The predicted octanol–water partition coefficient (Wildman–Crippen LogP) is 2.18. The van der Waals surface area contributed by atoms with Gasteiger partial charge in [0.25, 0.3) is 0 Å². The second-order valence-electron chi connectivity index (χ2n) is 2.97. The maximum absolute atomic E-state index is 12.2. The van der Waals surface area contributed by atoms with Crippen LogP contribution in [0.3, 0.4) is 0 Å². The fraction of sp³-hybridized carbons (Fsp3) is 0.222. The largest absolute Gasteiger partial charge is 0.470 e. The minimum absolute atomic E-state index is 0.622. The highest BCUT2D eigenvalue weighted by atomic mass is 19.4. The Labute approximate surface area is 83.5 Å². The zero-order chi connectivity index (χ0) is 10.9. The fourth-order valence-electron chi connectivity index (χ4n) is 1.19. The highest BCUT2D eigenvalue weighted by molar-refractivity contribution is 5.82. The van der Waals surface area contributed by atoms with E-state index < -0.39 is 18.2 Å². The van der Waals surface area contributed by atoms with Crippen LogP contribution in [0.15, 0.2) is 35.3 Å². The Morgan fingerprint density at radius 2 is 1.87 bits per heavy atom. The number of benzene rings is 1. The van der Waals surface area contributed by atoms with Gasteiger partial charge in [-0.2, -0.15) is 13.2 Å². The highest BCUT2D eigenvalue weighted by Gasteiger charge is 2.42. The van der Waals surface area contributed by atoms with Crippen LogP contribution in [-0.2, 0) is 4.84 Å². The van der Waals surface area contributed by atoms with Gasteiger partial charge in [-0.15, -0.1) is 5.48 Å². The molecule has 1 unspecified atom stereocenters. The average Bonchev–Trinajstić information content (AvgIpc) is 2.67. The lowest BCUT2D eigenvalue weighted by molar-refractivity contribution is -0.0807. The van der Waals surface area contributed by atoms with Gasteiger partial charge in [-0.3, -0.25) is 0 Å². The van der Waals surface area contributed by atoms with Crippen LogP contribution >= 0.6 is 0 Å². The van der Waals surface area contributed by atoms with E-state index in [4.69, 9.17) is 0 Å². The summed E-state index contributed by atoms with van der Waals surface area (Å²) in [6, 6.07) is 8.55. The molecule has 1 aromatic rings. The molecule has 1 atom stereocenters. The standard InChI is InChI=1S/C9H7F3N2O/c10-9(11,12)8-13-7(14-15-8)6-4-2-1-3-5-6/h1-5,7,14H. The summed E-state index contributed by atoms with van der Waals surface area (Å²) >= 11 is 0. The summed E-state index contributed by atoms with van der Waals surface area (Å²) in [6.07, 6.45) is -5.33. The number of hydroxylamine groups is 1. The number of halogens is 3. The van der Waals surface area contributed by atoms with Crippen LogP contribution in [0.1, 0.15) is 11.7 Å². The molecule has 1 heterocycles. The van der Waals surface area contributed by atoms with E-state index in [1.165, 1.54) is 0 Å². The molecule has 0 amide bonds. The number of nitrogens with zero attached hydrogens (tertiary/aromatic N) is 1. The molecule has 3 nitrogen and oxygen atoms in total. The summed E-state index contributed by atoms with van der Waals surface area (Å²) in [5.74, 6) is -1.24. The van der Waals surface area contributed by atoms with Gasteiger partial charge in [0.05, 0.1) is 0 Å². The van der Waals surface area contributed by atoms with Gasteiger partial charge < -0.3 is 4.84 Å². The lowest BCUT2D eigenvalue weighted by Gasteiger charge is -2.05. The monoisotopic (exact) mass is 216 g/mol. The van der Waals surface area contributed by atoms with Crippen LogP contribution in [0.5, 0.6) is 0 Å². The minimum atomic E-state index is -4.55. The van der Waals surface area contributed by atoms with Crippen molar-refractivity contribution in [2.75, 3.05) is 0 Å². The smallest absolute Gasteiger partial charge is 0.381 e. The first-order valence-corrected chi connectivity index (χ1v) is 4.20. The van der Waals surface area contributed by atoms with Crippen molar-refractivity contribution in [2.45, 2.75) is 12.3 Å². The Morgan fingerprint density at radius 1 is 1.20 bits per heavy atom. The molecule has 15 heavy (non-hydrogen) atoms. The quantitative estimate of drug-likeness (QED) is 0.780. The van der Waals surface area contributed by atoms with Crippen molar-refractivity contribution >= 4 is 5.90 Å². The van der Waals surface area contributed by atoms with E-state index in [2.05, 4.69) is 15.3 Å². The Balaban J connectivity index is 2.20. The van der Waals surface area contributed by atoms with Crippen molar-refractivity contribution < 1.29 is 18.0 Å². The van der Waals surface area contributed by atoms with Crippen molar-refractivity contribution in [3.8, 4) is 0 Å². The Bertz CT molecular complexity index is 375. The molecule has 0 aliphatic carbocycles. The molecule has 2 rings (SSSR count). The van der Waals surface area contributed by atoms with Gasteiger partial charge in [0, 0.05) is 0 Å². The van der Waals surface area contributed by atoms with E-state index in [-0.39, 0.29) is 0 Å². The highest BCUT2D eigenvalue weighted by Crippen LogP contribution is 2.26. The topological polar surface area (TPSA) is 33.6 Å². The molecule has 0 bridgehead atoms. The Morgan fingerprint density at radius 3 is 2.40 bits per heavy atom. The van der Waals surface area contributed by atoms with Gasteiger partial charge in [0.1, 0.15) is 0 Å². The maximum Gasteiger partial charge on any atom is 0.470 e. The lowest BCUT2D eigenvalue weighted by Crippen LogP contribution is -2.25. The second kappa shape index (κ2) is 3.54. The van der Waals surface area contributed by atoms with Gasteiger partial charge in [0.15, 0.2) is 6.17 Å². The number of rotatable bonds is 1. The van der Waals surface area contributed by atoms with Gasteiger partial charge in [-0.1, -0.05) is 30.3 Å². The third-order valence-electron chi connectivity index (χ3n) is 1.87. The van der Waals surface area contributed by atoms with Crippen molar-refractivity contribution in [2.24, 2.45) is 4.99 Å². The van der Waals surface area contributed by atoms with Crippen molar-refractivity contribution in [1.29, 1.82) is 0 Å². The van der Waals surface area contributed by atoms with Gasteiger partial charge >= 0.3 is 12.1 Å². The van der Waals surface area contributed by atoms with Crippen LogP contribution in [-0.4, -0.2) is 12.1 Å². The summed E-state index contributed by atoms with van der Waals surface area (Å²) in [6.45, 7) is 0. The molecule has 0 fully saturated rings. The van der Waals surface area contributed by atoms with E-state index in [0.29, 0.717) is 5.56 Å². The minimum Gasteiger partial charge on any atom is -0.381 e. The van der Waals surface area contributed by atoms with Crippen LogP contribution in [0.2, 0.25) is 0 Å². The van der Waals surface area contributed by atoms with Crippen molar-refractivity contribution in [3.05, 3.63) is 35.9 Å². The van der Waals surface area contributed by atoms with Crippen molar-refractivity contribution in [1.82, 2.24) is 5.48 Å². The number of nitrogens with one attached hydrogen (secondary N) is 1. The van der Waals surface area contributed by atoms with Gasteiger partial charge in [-0.25, -0.2) is 4.99 Å². The van der Waals surface area contributed by atoms with E-state index in [9.17, 15) is 13.2 Å². The lowest BCUT2D eigenvalue weighted by atomic mass is 10.2. The molecule has 0 saturated heterocycles. The Hall–Kier alpha value is -1.56. The molecular weight excluding hydrogens is 209 g/mol. The van der Waals surface area contributed by atoms with E-state index in [1.807, 2.05) is 0 Å². The fourth-order valence-corrected chi connectivity index (χ4v) is 1.19.